The van der Waals surface area contributed by atoms with Gasteiger partial charge in [0.25, 0.3) is 0 Å². The number of hydrogen-bond donors (Lipinski definition) is 1. The minimum Gasteiger partial charge on any atom is -0.381 e. The number of ether oxygens (including phenoxy) is 1. The molecule has 0 saturated carbocycles. The maximum Gasteiger partial charge on any atom is 0.0469 e. The van der Waals surface area contributed by atoms with Crippen molar-refractivity contribution < 1.29 is 4.74 Å². The first kappa shape index (κ1) is 14.5. The van der Waals surface area contributed by atoms with Crippen LogP contribution in [0, 0.1) is 5.92 Å². The number of rotatable bonds is 6. The van der Waals surface area contributed by atoms with E-state index in [1.807, 2.05) is 0 Å². The van der Waals surface area contributed by atoms with Crippen LogP contribution in [0.1, 0.15) is 25.3 Å². The zero-order valence-corrected chi connectivity index (χ0v) is 11.9. The molecule has 0 aromatic heterocycles. The minimum absolute atomic E-state index is 0.481. The number of nitrogens with two attached hydrogens (primary N) is 1. The lowest BCUT2D eigenvalue weighted by Crippen LogP contribution is -2.46. The lowest BCUT2D eigenvalue weighted by Gasteiger charge is -2.37. The van der Waals surface area contributed by atoms with E-state index in [-0.39, 0.29) is 0 Å². The Hall–Kier alpha value is -0.900. The highest BCUT2D eigenvalue weighted by atomic mass is 16.5. The SMILES string of the molecule is CCN(Cc1ccccc1)C(CN)C1CCOCC1. The van der Waals surface area contributed by atoms with Crippen molar-refractivity contribution in [2.75, 3.05) is 26.3 Å². The van der Waals surface area contributed by atoms with Gasteiger partial charge in [0.1, 0.15) is 0 Å². The van der Waals surface area contributed by atoms with Gasteiger partial charge in [-0.2, -0.15) is 0 Å². The predicted octanol–water partition coefficient (Wildman–Crippen LogP) is 2.26. The first-order valence-corrected chi connectivity index (χ1v) is 7.41. The summed E-state index contributed by atoms with van der Waals surface area (Å²) in [6.07, 6.45) is 2.29. The molecule has 1 aliphatic rings. The molecule has 1 saturated heterocycles. The molecule has 2 rings (SSSR count). The van der Waals surface area contributed by atoms with Crippen LogP contribution in [0.4, 0.5) is 0 Å². The number of benzene rings is 1. The normalized spacial score (nSPS) is 18.7. The van der Waals surface area contributed by atoms with Crippen molar-refractivity contribution >= 4 is 0 Å². The Bertz CT molecular complexity index is 349. The molecule has 19 heavy (non-hydrogen) atoms. The van der Waals surface area contributed by atoms with Gasteiger partial charge in [0, 0.05) is 32.3 Å². The summed E-state index contributed by atoms with van der Waals surface area (Å²) in [6.45, 7) is 6.80. The standard InChI is InChI=1S/C16H26N2O/c1-2-18(13-14-6-4-3-5-7-14)16(12-17)15-8-10-19-11-9-15/h3-7,15-16H,2,8-13,17H2,1H3. The summed E-state index contributed by atoms with van der Waals surface area (Å²) in [5.74, 6) is 0.683. The van der Waals surface area contributed by atoms with Crippen molar-refractivity contribution in [1.29, 1.82) is 0 Å². The van der Waals surface area contributed by atoms with E-state index >= 15 is 0 Å². The number of nitrogens with zero attached hydrogens (tertiary/aromatic N) is 1. The Morgan fingerprint density at radius 3 is 2.53 bits per heavy atom. The van der Waals surface area contributed by atoms with Crippen molar-refractivity contribution in [2.24, 2.45) is 11.7 Å². The van der Waals surface area contributed by atoms with Crippen molar-refractivity contribution in [3.63, 3.8) is 0 Å². The van der Waals surface area contributed by atoms with Crippen molar-refractivity contribution in [2.45, 2.75) is 32.4 Å². The second-order valence-corrected chi connectivity index (χ2v) is 5.30. The molecule has 1 heterocycles. The lowest BCUT2D eigenvalue weighted by atomic mass is 9.90. The fourth-order valence-corrected chi connectivity index (χ4v) is 3.02. The van der Waals surface area contributed by atoms with Crippen LogP contribution in [0.2, 0.25) is 0 Å². The quantitative estimate of drug-likeness (QED) is 0.854. The predicted molar refractivity (Wildman–Crippen MR) is 78.9 cm³/mol. The second kappa shape index (κ2) is 7.63. The third kappa shape index (κ3) is 4.03. The van der Waals surface area contributed by atoms with Crippen molar-refractivity contribution in [3.8, 4) is 0 Å². The molecular weight excluding hydrogens is 236 g/mol. The highest BCUT2D eigenvalue weighted by Gasteiger charge is 2.27. The fourth-order valence-electron chi connectivity index (χ4n) is 3.02. The van der Waals surface area contributed by atoms with Gasteiger partial charge in [0.05, 0.1) is 0 Å². The van der Waals surface area contributed by atoms with E-state index in [1.54, 1.807) is 0 Å². The summed E-state index contributed by atoms with van der Waals surface area (Å²) < 4.78 is 5.47. The van der Waals surface area contributed by atoms with Crippen LogP contribution in [-0.2, 0) is 11.3 Å². The van der Waals surface area contributed by atoms with E-state index in [2.05, 4.69) is 42.2 Å². The monoisotopic (exact) mass is 262 g/mol. The molecule has 2 N–H and O–H groups in total. The van der Waals surface area contributed by atoms with Crippen LogP contribution in [-0.4, -0.2) is 37.2 Å². The summed E-state index contributed by atoms with van der Waals surface area (Å²) >= 11 is 0. The molecule has 1 unspecified atom stereocenters. The van der Waals surface area contributed by atoms with E-state index in [4.69, 9.17) is 10.5 Å². The topological polar surface area (TPSA) is 38.5 Å². The second-order valence-electron chi connectivity index (χ2n) is 5.30. The molecule has 1 aliphatic heterocycles. The van der Waals surface area contributed by atoms with Gasteiger partial charge in [-0.15, -0.1) is 0 Å². The van der Waals surface area contributed by atoms with Gasteiger partial charge < -0.3 is 10.5 Å². The molecule has 0 bridgehead atoms. The Morgan fingerprint density at radius 2 is 1.95 bits per heavy atom. The Balaban J connectivity index is 2.01. The van der Waals surface area contributed by atoms with E-state index in [1.165, 1.54) is 5.56 Å². The van der Waals surface area contributed by atoms with E-state index in [0.717, 1.165) is 45.7 Å². The van der Waals surface area contributed by atoms with Gasteiger partial charge in [0.15, 0.2) is 0 Å². The summed E-state index contributed by atoms with van der Waals surface area (Å²) in [6, 6.07) is 11.2. The summed E-state index contributed by atoms with van der Waals surface area (Å²) in [5.41, 5.74) is 7.42. The summed E-state index contributed by atoms with van der Waals surface area (Å²) in [7, 11) is 0. The summed E-state index contributed by atoms with van der Waals surface area (Å²) in [4.78, 5) is 2.52. The molecule has 3 heteroatoms. The van der Waals surface area contributed by atoms with Gasteiger partial charge in [0.2, 0.25) is 0 Å². The fraction of sp³-hybridized carbons (Fsp3) is 0.625. The highest BCUT2D eigenvalue weighted by Crippen LogP contribution is 2.23. The molecule has 1 fully saturated rings. The molecule has 1 aromatic rings. The molecule has 0 spiro atoms. The number of hydrogen-bond acceptors (Lipinski definition) is 3. The minimum atomic E-state index is 0.481. The van der Waals surface area contributed by atoms with Crippen LogP contribution in [0.5, 0.6) is 0 Å². The van der Waals surface area contributed by atoms with Gasteiger partial charge in [-0.25, -0.2) is 0 Å². The van der Waals surface area contributed by atoms with Crippen molar-refractivity contribution in [3.05, 3.63) is 35.9 Å². The number of likely N-dealkylation sites (N-methyl/N-ethyl adjacent to an activating group) is 1. The van der Waals surface area contributed by atoms with Crippen molar-refractivity contribution in [1.82, 2.24) is 4.90 Å². The Kier molecular flexibility index (Phi) is 5.83. The van der Waals surface area contributed by atoms with Gasteiger partial charge >= 0.3 is 0 Å². The third-order valence-electron chi connectivity index (χ3n) is 4.16. The van der Waals surface area contributed by atoms with Crippen LogP contribution in [0.3, 0.4) is 0 Å². The molecule has 0 amide bonds. The van der Waals surface area contributed by atoms with Crippen LogP contribution in [0.25, 0.3) is 0 Å². The Morgan fingerprint density at radius 1 is 1.26 bits per heavy atom. The summed E-state index contributed by atoms with van der Waals surface area (Å²) in [5, 5.41) is 0. The van der Waals surface area contributed by atoms with Crippen LogP contribution < -0.4 is 5.73 Å². The van der Waals surface area contributed by atoms with Crippen LogP contribution >= 0.6 is 0 Å². The average Bonchev–Trinajstić information content (AvgIpc) is 2.49. The zero-order chi connectivity index (χ0) is 13.5. The Labute approximate surface area is 116 Å². The highest BCUT2D eigenvalue weighted by molar-refractivity contribution is 5.14. The van der Waals surface area contributed by atoms with E-state index < -0.39 is 0 Å². The average molecular weight is 262 g/mol. The van der Waals surface area contributed by atoms with Gasteiger partial charge in [-0.3, -0.25) is 4.90 Å². The first-order chi connectivity index (χ1) is 9.35. The molecule has 1 aromatic carbocycles. The van der Waals surface area contributed by atoms with Gasteiger partial charge in [-0.05, 0) is 30.9 Å². The third-order valence-corrected chi connectivity index (χ3v) is 4.16. The molecule has 3 nitrogen and oxygen atoms in total. The van der Waals surface area contributed by atoms with Crippen LogP contribution in [0.15, 0.2) is 30.3 Å². The molecule has 106 valence electrons. The molecular formula is C16H26N2O. The maximum atomic E-state index is 6.05. The maximum absolute atomic E-state index is 6.05. The smallest absolute Gasteiger partial charge is 0.0469 e. The largest absolute Gasteiger partial charge is 0.381 e. The van der Waals surface area contributed by atoms with Gasteiger partial charge in [-0.1, -0.05) is 37.3 Å². The molecule has 0 aliphatic carbocycles. The van der Waals surface area contributed by atoms with E-state index in [9.17, 15) is 0 Å². The lowest BCUT2D eigenvalue weighted by molar-refractivity contribution is 0.0267. The zero-order valence-electron chi connectivity index (χ0n) is 11.9. The molecule has 0 radical (unpaired) electrons. The first-order valence-electron chi connectivity index (χ1n) is 7.41. The molecule has 1 atom stereocenters. The van der Waals surface area contributed by atoms with E-state index in [0.29, 0.717) is 12.0 Å².